The zero-order valence-electron chi connectivity index (χ0n) is 15.8. The van der Waals surface area contributed by atoms with Gasteiger partial charge >= 0.3 is 11.9 Å². The van der Waals surface area contributed by atoms with Crippen LogP contribution >= 0.6 is 0 Å². The van der Waals surface area contributed by atoms with Gasteiger partial charge in [0.15, 0.2) is 0 Å². The van der Waals surface area contributed by atoms with Gasteiger partial charge in [-0.3, -0.25) is 4.79 Å². The molecule has 1 rings (SSSR count). The Morgan fingerprint density at radius 3 is 2.44 bits per heavy atom. The van der Waals surface area contributed by atoms with Gasteiger partial charge in [0, 0.05) is 7.11 Å². The van der Waals surface area contributed by atoms with Crippen molar-refractivity contribution < 1.29 is 38.0 Å². The molecule has 0 bridgehead atoms. The van der Waals surface area contributed by atoms with Crippen LogP contribution in [0.2, 0.25) is 0 Å². The summed E-state index contributed by atoms with van der Waals surface area (Å²) in [4.78, 5) is 24.1. The average molecular weight is 362 g/mol. The van der Waals surface area contributed by atoms with Crippen LogP contribution < -0.4 is 0 Å². The minimum absolute atomic E-state index is 0.0548. The minimum Gasteiger partial charge on any atom is -0.469 e. The number of carbonyl (C=O) groups excluding carboxylic acids is 2. The Balaban J connectivity index is 3.02. The second-order valence-electron chi connectivity index (χ2n) is 6.25. The molecule has 0 aromatic carbocycles. The van der Waals surface area contributed by atoms with Crippen LogP contribution in [0, 0.1) is 0 Å². The molecule has 0 aromatic heterocycles. The Hall–Kier alpha value is -1.22. The van der Waals surface area contributed by atoms with Crippen LogP contribution in [0.1, 0.15) is 46.0 Å². The van der Waals surface area contributed by atoms with Gasteiger partial charge in [-0.1, -0.05) is 26.2 Å². The summed E-state index contributed by atoms with van der Waals surface area (Å²) in [6, 6.07) is 0. The predicted octanol–water partition coefficient (Wildman–Crippen LogP) is 1.79. The van der Waals surface area contributed by atoms with Gasteiger partial charge in [0.25, 0.3) is 5.79 Å². The number of esters is 2. The van der Waals surface area contributed by atoms with Gasteiger partial charge < -0.3 is 28.4 Å². The lowest BCUT2D eigenvalue weighted by atomic mass is 9.92. The molecular weight excluding hydrogens is 332 g/mol. The first-order valence-corrected chi connectivity index (χ1v) is 8.47. The van der Waals surface area contributed by atoms with E-state index >= 15 is 0 Å². The van der Waals surface area contributed by atoms with Crippen LogP contribution in [-0.4, -0.2) is 64.2 Å². The van der Waals surface area contributed by atoms with E-state index in [0.29, 0.717) is 6.42 Å². The van der Waals surface area contributed by atoms with Gasteiger partial charge in [-0.25, -0.2) is 4.79 Å². The second-order valence-corrected chi connectivity index (χ2v) is 6.25. The van der Waals surface area contributed by atoms with Crippen LogP contribution in [-0.2, 0) is 38.0 Å². The smallest absolute Gasteiger partial charge is 0.367 e. The van der Waals surface area contributed by atoms with Crippen molar-refractivity contribution in [1.29, 1.82) is 0 Å². The van der Waals surface area contributed by atoms with E-state index in [1.165, 1.54) is 21.3 Å². The van der Waals surface area contributed by atoms with E-state index in [1.54, 1.807) is 0 Å². The standard InChI is InChI=1S/C17H30O8/c1-6-7-8-9-13-16(2,24-12-20-3)11-23-17(25-13,15(19)22-5)10-14(18)21-4/h13H,6-12H2,1-5H3/t13-,16-,17?/m1/s1. The molecule has 146 valence electrons. The summed E-state index contributed by atoms with van der Waals surface area (Å²) in [6.07, 6.45) is 2.75. The van der Waals surface area contributed by atoms with Gasteiger partial charge in [0.1, 0.15) is 18.8 Å². The highest BCUT2D eigenvalue weighted by molar-refractivity contribution is 5.84. The number of rotatable bonds is 10. The molecule has 8 heteroatoms. The van der Waals surface area contributed by atoms with Crippen LogP contribution in [0.5, 0.6) is 0 Å². The van der Waals surface area contributed by atoms with Gasteiger partial charge in [-0.15, -0.1) is 0 Å². The number of unbranched alkanes of at least 4 members (excludes halogenated alkanes) is 2. The van der Waals surface area contributed by atoms with Gasteiger partial charge in [-0.05, 0) is 13.3 Å². The van der Waals surface area contributed by atoms with Crippen LogP contribution in [0.4, 0.5) is 0 Å². The van der Waals surface area contributed by atoms with Crippen molar-refractivity contribution in [3.05, 3.63) is 0 Å². The summed E-state index contributed by atoms with van der Waals surface area (Å²) in [5, 5.41) is 0. The molecule has 0 spiro atoms. The number of methoxy groups -OCH3 is 3. The molecule has 1 aliphatic heterocycles. The maximum absolute atomic E-state index is 12.3. The lowest BCUT2D eigenvalue weighted by Crippen LogP contribution is -2.63. The van der Waals surface area contributed by atoms with E-state index in [0.717, 1.165) is 19.3 Å². The highest BCUT2D eigenvalue weighted by atomic mass is 16.8. The Morgan fingerprint density at radius 2 is 1.88 bits per heavy atom. The molecule has 0 aromatic rings. The van der Waals surface area contributed by atoms with Crippen molar-refractivity contribution in [2.24, 2.45) is 0 Å². The van der Waals surface area contributed by atoms with Crippen LogP contribution in [0.15, 0.2) is 0 Å². The predicted molar refractivity (Wildman–Crippen MR) is 87.7 cm³/mol. The fourth-order valence-corrected chi connectivity index (χ4v) is 2.70. The third-order valence-corrected chi connectivity index (χ3v) is 4.28. The summed E-state index contributed by atoms with van der Waals surface area (Å²) in [6.45, 7) is 4.05. The van der Waals surface area contributed by atoms with E-state index in [-0.39, 0.29) is 19.8 Å². The highest BCUT2D eigenvalue weighted by Gasteiger charge is 2.55. The third-order valence-electron chi connectivity index (χ3n) is 4.28. The van der Waals surface area contributed by atoms with Crippen molar-refractivity contribution in [3.63, 3.8) is 0 Å². The summed E-state index contributed by atoms with van der Waals surface area (Å²) < 4.78 is 31.9. The summed E-state index contributed by atoms with van der Waals surface area (Å²) >= 11 is 0. The Morgan fingerprint density at radius 1 is 1.16 bits per heavy atom. The van der Waals surface area contributed by atoms with Crippen molar-refractivity contribution >= 4 is 11.9 Å². The van der Waals surface area contributed by atoms with Crippen molar-refractivity contribution in [2.75, 3.05) is 34.7 Å². The maximum Gasteiger partial charge on any atom is 0.367 e. The van der Waals surface area contributed by atoms with Gasteiger partial charge in [0.05, 0.1) is 26.9 Å². The number of hydrogen-bond donors (Lipinski definition) is 0. The quantitative estimate of drug-likeness (QED) is 0.330. The fraction of sp³-hybridized carbons (Fsp3) is 0.882. The monoisotopic (exact) mass is 362 g/mol. The normalized spacial score (nSPS) is 29.2. The molecule has 1 aliphatic rings. The molecule has 1 saturated heterocycles. The van der Waals surface area contributed by atoms with E-state index in [4.69, 9.17) is 23.7 Å². The molecule has 0 radical (unpaired) electrons. The first-order chi connectivity index (χ1) is 11.9. The topological polar surface area (TPSA) is 89.5 Å². The molecule has 1 fully saturated rings. The molecule has 8 nitrogen and oxygen atoms in total. The number of carbonyl (C=O) groups is 2. The van der Waals surface area contributed by atoms with E-state index in [1.807, 2.05) is 6.92 Å². The second kappa shape index (κ2) is 10.1. The van der Waals surface area contributed by atoms with Gasteiger partial charge in [0.2, 0.25) is 0 Å². The van der Waals surface area contributed by atoms with Crippen molar-refractivity contribution in [3.8, 4) is 0 Å². The van der Waals surface area contributed by atoms with E-state index in [2.05, 4.69) is 11.7 Å². The van der Waals surface area contributed by atoms with Crippen molar-refractivity contribution in [1.82, 2.24) is 0 Å². The Bertz CT molecular complexity index is 440. The molecule has 3 atom stereocenters. The van der Waals surface area contributed by atoms with Gasteiger partial charge in [-0.2, -0.15) is 0 Å². The molecule has 0 saturated carbocycles. The molecule has 1 unspecified atom stereocenters. The lowest BCUT2D eigenvalue weighted by Gasteiger charge is -2.47. The van der Waals surface area contributed by atoms with E-state index in [9.17, 15) is 9.59 Å². The van der Waals surface area contributed by atoms with Crippen molar-refractivity contribution in [2.45, 2.75) is 63.4 Å². The largest absolute Gasteiger partial charge is 0.469 e. The molecular formula is C17H30O8. The SMILES string of the molecule is CCCCC[C@H]1OC(CC(=O)OC)(C(=O)OC)OC[C@@]1(C)OCOC. The molecule has 0 N–H and O–H groups in total. The number of ether oxygens (including phenoxy) is 6. The van der Waals surface area contributed by atoms with E-state index < -0.39 is 29.4 Å². The Labute approximate surface area is 149 Å². The fourth-order valence-electron chi connectivity index (χ4n) is 2.70. The zero-order chi connectivity index (χ0) is 18.9. The summed E-state index contributed by atoms with van der Waals surface area (Å²) in [5.74, 6) is -3.22. The molecule has 1 heterocycles. The first-order valence-electron chi connectivity index (χ1n) is 8.47. The number of hydrogen-bond acceptors (Lipinski definition) is 8. The van der Waals surface area contributed by atoms with Crippen LogP contribution in [0.3, 0.4) is 0 Å². The lowest BCUT2D eigenvalue weighted by molar-refractivity contribution is -0.350. The summed E-state index contributed by atoms with van der Waals surface area (Å²) in [5.41, 5.74) is -0.808. The van der Waals surface area contributed by atoms with Crippen LogP contribution in [0.25, 0.3) is 0 Å². The highest BCUT2D eigenvalue weighted by Crippen LogP contribution is 2.37. The zero-order valence-corrected chi connectivity index (χ0v) is 15.8. The minimum atomic E-state index is -1.82. The Kier molecular flexibility index (Phi) is 8.78. The average Bonchev–Trinajstić information content (AvgIpc) is 2.62. The molecule has 25 heavy (non-hydrogen) atoms. The summed E-state index contributed by atoms with van der Waals surface area (Å²) in [7, 11) is 3.98. The third kappa shape index (κ3) is 5.64. The first kappa shape index (κ1) is 21.8. The molecule has 0 aliphatic carbocycles. The molecule has 0 amide bonds. The maximum atomic E-state index is 12.3.